The number of aromatic nitrogens is 2. The van der Waals surface area contributed by atoms with Gasteiger partial charge in [0.15, 0.2) is 0 Å². The van der Waals surface area contributed by atoms with Crippen LogP contribution in [0.2, 0.25) is 5.02 Å². The van der Waals surface area contributed by atoms with Gasteiger partial charge in [0.05, 0.1) is 23.5 Å². The van der Waals surface area contributed by atoms with E-state index < -0.39 is 0 Å². The summed E-state index contributed by atoms with van der Waals surface area (Å²) in [6, 6.07) is 24.2. The van der Waals surface area contributed by atoms with Gasteiger partial charge in [-0.2, -0.15) is 0 Å². The highest BCUT2D eigenvalue weighted by Crippen LogP contribution is 2.24. The minimum Gasteiger partial charge on any atom is -0.326 e. The lowest BCUT2D eigenvalue weighted by Gasteiger charge is -2.31. The molecule has 1 N–H and O–H groups in total. The fourth-order valence-electron chi connectivity index (χ4n) is 4.69. The van der Waals surface area contributed by atoms with Crippen LogP contribution < -0.4 is 5.32 Å². The molecule has 1 aromatic heterocycles. The van der Waals surface area contributed by atoms with Crippen molar-refractivity contribution in [3.63, 3.8) is 0 Å². The van der Waals surface area contributed by atoms with Crippen LogP contribution in [0.4, 0.5) is 5.69 Å². The molecule has 6 heteroatoms. The summed E-state index contributed by atoms with van der Waals surface area (Å²) < 4.78 is 2.29. The van der Waals surface area contributed by atoms with Gasteiger partial charge in [0.25, 0.3) is 0 Å². The quantitative estimate of drug-likeness (QED) is 0.380. The molecule has 4 aromatic rings. The van der Waals surface area contributed by atoms with E-state index in [4.69, 9.17) is 16.6 Å². The summed E-state index contributed by atoms with van der Waals surface area (Å²) in [5.41, 5.74) is 5.35. The first-order valence-electron chi connectivity index (χ1n) is 11.8. The normalized spacial score (nSPS) is 16.6. The Labute approximate surface area is 205 Å². The summed E-state index contributed by atoms with van der Waals surface area (Å²) in [4.78, 5) is 20.3. The maximum Gasteiger partial charge on any atom is 0.228 e. The van der Waals surface area contributed by atoms with Crippen LogP contribution in [0.15, 0.2) is 72.8 Å². The number of amides is 1. The van der Waals surface area contributed by atoms with Gasteiger partial charge in [-0.1, -0.05) is 53.6 Å². The second-order valence-electron chi connectivity index (χ2n) is 9.16. The molecule has 1 aliphatic rings. The van der Waals surface area contributed by atoms with Gasteiger partial charge in [-0.3, -0.25) is 9.69 Å². The fraction of sp³-hybridized carbons (Fsp3) is 0.286. The van der Waals surface area contributed by atoms with Crippen LogP contribution in [-0.4, -0.2) is 33.4 Å². The minimum absolute atomic E-state index is 0.0239. The molecule has 174 valence electrons. The number of carbonyl (C=O) groups is 1. The summed E-state index contributed by atoms with van der Waals surface area (Å²) >= 11 is 6.09. The number of hydrogen-bond acceptors (Lipinski definition) is 3. The van der Waals surface area contributed by atoms with Gasteiger partial charge < -0.3 is 9.88 Å². The Hall–Kier alpha value is -3.15. The number of likely N-dealkylation sites (tertiary alicyclic amines) is 1. The molecule has 1 amide bonds. The molecule has 1 atom stereocenters. The first kappa shape index (κ1) is 22.6. The zero-order valence-corrected chi connectivity index (χ0v) is 20.1. The van der Waals surface area contributed by atoms with Crippen molar-refractivity contribution in [3.05, 3.63) is 94.8 Å². The van der Waals surface area contributed by atoms with E-state index in [1.54, 1.807) is 0 Å². The van der Waals surface area contributed by atoms with Crippen molar-refractivity contribution in [1.29, 1.82) is 0 Å². The van der Waals surface area contributed by atoms with Gasteiger partial charge in [-0.05, 0) is 68.3 Å². The molecular formula is C28H29ClN4O. The molecule has 34 heavy (non-hydrogen) atoms. The van der Waals surface area contributed by atoms with E-state index in [1.165, 1.54) is 11.1 Å². The third kappa shape index (κ3) is 5.16. The standard InChI is InChI=1S/C28H29ClN4O/c1-20-8-14-24(15-9-20)30-28(34)22-5-4-16-32(18-22)19-27-31-25-6-2-3-7-26(25)33(27)17-21-10-12-23(29)13-11-21/h2-3,6-15,22H,4-5,16-19H2,1H3,(H,30,34)/t22-/m1/s1. The molecule has 0 saturated carbocycles. The van der Waals surface area contributed by atoms with Gasteiger partial charge in [0.2, 0.25) is 5.91 Å². The topological polar surface area (TPSA) is 50.2 Å². The van der Waals surface area contributed by atoms with Gasteiger partial charge >= 0.3 is 0 Å². The molecule has 1 aliphatic heterocycles. The molecule has 2 heterocycles. The van der Waals surface area contributed by atoms with Gasteiger partial charge in [0.1, 0.15) is 5.82 Å². The third-order valence-electron chi connectivity index (χ3n) is 6.55. The fourth-order valence-corrected chi connectivity index (χ4v) is 4.82. The molecule has 0 unspecified atom stereocenters. The average molecular weight is 473 g/mol. The number of nitrogens with one attached hydrogen (secondary N) is 1. The lowest BCUT2D eigenvalue weighted by Crippen LogP contribution is -2.40. The van der Waals surface area contributed by atoms with Gasteiger partial charge in [-0.25, -0.2) is 4.98 Å². The zero-order chi connectivity index (χ0) is 23.5. The Morgan fingerprint density at radius 3 is 2.59 bits per heavy atom. The molecule has 3 aromatic carbocycles. The van der Waals surface area contributed by atoms with Crippen molar-refractivity contribution in [2.24, 2.45) is 5.92 Å². The maximum atomic E-state index is 13.0. The van der Waals surface area contributed by atoms with E-state index in [1.807, 2.05) is 49.4 Å². The zero-order valence-electron chi connectivity index (χ0n) is 19.4. The maximum absolute atomic E-state index is 13.0. The highest BCUT2D eigenvalue weighted by Gasteiger charge is 2.27. The highest BCUT2D eigenvalue weighted by molar-refractivity contribution is 6.30. The first-order valence-corrected chi connectivity index (χ1v) is 12.2. The number of fused-ring (bicyclic) bond motifs is 1. The van der Waals surface area contributed by atoms with Crippen LogP contribution >= 0.6 is 11.6 Å². The van der Waals surface area contributed by atoms with E-state index in [0.717, 1.165) is 66.6 Å². The van der Waals surface area contributed by atoms with E-state index in [2.05, 4.69) is 45.1 Å². The Morgan fingerprint density at radius 2 is 1.79 bits per heavy atom. The number of hydrogen-bond donors (Lipinski definition) is 1. The third-order valence-corrected chi connectivity index (χ3v) is 6.80. The average Bonchev–Trinajstić information content (AvgIpc) is 3.19. The summed E-state index contributed by atoms with van der Waals surface area (Å²) in [5.74, 6) is 1.10. The molecule has 1 fully saturated rings. The van der Waals surface area contributed by atoms with Gasteiger partial charge in [0, 0.05) is 23.8 Å². The van der Waals surface area contributed by atoms with Crippen LogP contribution in [-0.2, 0) is 17.9 Å². The molecule has 0 bridgehead atoms. The van der Waals surface area contributed by atoms with E-state index in [-0.39, 0.29) is 11.8 Å². The number of halogens is 1. The SMILES string of the molecule is Cc1ccc(NC(=O)[C@@H]2CCCN(Cc3nc4ccccc4n3Cc3ccc(Cl)cc3)C2)cc1. The lowest BCUT2D eigenvalue weighted by molar-refractivity contribution is -0.121. The van der Waals surface area contributed by atoms with E-state index in [9.17, 15) is 4.79 Å². The lowest BCUT2D eigenvalue weighted by atomic mass is 9.97. The molecule has 5 nitrogen and oxygen atoms in total. The Morgan fingerprint density at radius 1 is 1.03 bits per heavy atom. The van der Waals surface area contributed by atoms with Crippen molar-refractivity contribution in [2.75, 3.05) is 18.4 Å². The summed E-state index contributed by atoms with van der Waals surface area (Å²) in [6.45, 7) is 5.21. The predicted molar refractivity (Wildman–Crippen MR) is 138 cm³/mol. The highest BCUT2D eigenvalue weighted by atomic mass is 35.5. The smallest absolute Gasteiger partial charge is 0.228 e. The van der Waals surface area contributed by atoms with Crippen molar-refractivity contribution < 1.29 is 4.79 Å². The molecule has 0 spiro atoms. The number of para-hydroxylation sites is 2. The molecule has 1 saturated heterocycles. The van der Waals surface area contributed by atoms with Crippen LogP contribution in [0, 0.1) is 12.8 Å². The van der Waals surface area contributed by atoms with Crippen LogP contribution in [0.5, 0.6) is 0 Å². The predicted octanol–water partition coefficient (Wildman–Crippen LogP) is 5.90. The number of rotatable bonds is 6. The van der Waals surface area contributed by atoms with Crippen LogP contribution in [0.25, 0.3) is 11.0 Å². The van der Waals surface area contributed by atoms with Crippen molar-refractivity contribution in [1.82, 2.24) is 14.5 Å². The van der Waals surface area contributed by atoms with Crippen LogP contribution in [0.1, 0.15) is 29.8 Å². The largest absolute Gasteiger partial charge is 0.326 e. The van der Waals surface area contributed by atoms with Crippen molar-refractivity contribution in [3.8, 4) is 0 Å². The number of anilines is 1. The molecule has 0 aliphatic carbocycles. The summed E-state index contributed by atoms with van der Waals surface area (Å²) in [6.07, 6.45) is 1.92. The number of benzene rings is 3. The van der Waals surface area contributed by atoms with Gasteiger partial charge in [-0.15, -0.1) is 0 Å². The monoisotopic (exact) mass is 472 g/mol. The number of nitrogens with zero attached hydrogens (tertiary/aromatic N) is 3. The summed E-state index contributed by atoms with van der Waals surface area (Å²) in [7, 11) is 0. The number of piperidine rings is 1. The molecular weight excluding hydrogens is 444 g/mol. The Bertz CT molecular complexity index is 1280. The number of aryl methyl sites for hydroxylation is 1. The first-order chi connectivity index (χ1) is 16.5. The van der Waals surface area contributed by atoms with E-state index >= 15 is 0 Å². The molecule has 5 rings (SSSR count). The second-order valence-corrected chi connectivity index (χ2v) is 9.60. The van der Waals surface area contributed by atoms with Crippen molar-refractivity contribution >= 4 is 34.2 Å². The summed E-state index contributed by atoms with van der Waals surface area (Å²) in [5, 5.41) is 3.83. The van der Waals surface area contributed by atoms with Crippen molar-refractivity contribution in [2.45, 2.75) is 32.9 Å². The second kappa shape index (κ2) is 10.00. The molecule has 0 radical (unpaired) electrons. The Balaban J connectivity index is 1.32. The Kier molecular flexibility index (Phi) is 6.66. The van der Waals surface area contributed by atoms with E-state index in [0.29, 0.717) is 0 Å². The minimum atomic E-state index is -0.0239. The number of imidazole rings is 1. The number of carbonyl (C=O) groups excluding carboxylic acids is 1. The van der Waals surface area contributed by atoms with Crippen LogP contribution in [0.3, 0.4) is 0 Å².